The van der Waals surface area contributed by atoms with Crippen LogP contribution in [0.25, 0.3) is 11.6 Å². The Balaban J connectivity index is 2.05. The van der Waals surface area contributed by atoms with Gasteiger partial charge in [-0.05, 0) is 30.2 Å². The van der Waals surface area contributed by atoms with Gasteiger partial charge in [0.15, 0.2) is 0 Å². The molecule has 0 saturated heterocycles. The lowest BCUT2D eigenvalue weighted by atomic mass is 10.0. The summed E-state index contributed by atoms with van der Waals surface area (Å²) in [7, 11) is 0. The summed E-state index contributed by atoms with van der Waals surface area (Å²) in [5, 5.41) is 2.69. The number of aromatic nitrogens is 3. The molecule has 0 unspecified atom stereocenters. The van der Waals surface area contributed by atoms with Crippen LogP contribution in [0.15, 0.2) is 24.5 Å². The average Bonchev–Trinajstić information content (AvgIpc) is 2.91. The van der Waals surface area contributed by atoms with Crippen LogP contribution in [0.4, 0.5) is 13.2 Å². The Morgan fingerprint density at radius 2 is 2.05 bits per heavy atom. The Kier molecular flexibility index (Phi) is 3.44. The number of rotatable bonds is 1. The predicted octanol–water partition coefficient (Wildman–Crippen LogP) is 2.50. The van der Waals surface area contributed by atoms with Crippen LogP contribution >= 0.6 is 0 Å². The van der Waals surface area contributed by atoms with E-state index in [4.69, 9.17) is 0 Å². The number of amides is 1. The van der Waals surface area contributed by atoms with E-state index >= 15 is 0 Å². The number of hydrogen-bond acceptors (Lipinski definition) is 3. The molecule has 0 aliphatic carbocycles. The molecule has 0 atom stereocenters. The highest BCUT2D eigenvalue weighted by Gasteiger charge is 2.34. The van der Waals surface area contributed by atoms with E-state index in [1.54, 1.807) is 18.3 Å². The van der Waals surface area contributed by atoms with E-state index in [9.17, 15) is 18.0 Å². The van der Waals surface area contributed by atoms with E-state index in [0.717, 1.165) is 6.20 Å². The number of hydrogen-bond donors (Lipinski definition) is 2. The van der Waals surface area contributed by atoms with Gasteiger partial charge in [0.2, 0.25) is 5.82 Å². The van der Waals surface area contributed by atoms with E-state index in [2.05, 4.69) is 20.3 Å². The van der Waals surface area contributed by atoms with Crippen molar-refractivity contribution in [3.8, 4) is 0 Å². The van der Waals surface area contributed by atoms with Gasteiger partial charge in [0.05, 0.1) is 5.69 Å². The topological polar surface area (TPSA) is 70.7 Å². The van der Waals surface area contributed by atoms with Crippen molar-refractivity contribution in [1.29, 1.82) is 0 Å². The molecule has 1 amide bonds. The zero-order valence-corrected chi connectivity index (χ0v) is 11.2. The van der Waals surface area contributed by atoms with Crippen LogP contribution in [0.1, 0.15) is 34.0 Å². The summed E-state index contributed by atoms with van der Waals surface area (Å²) < 4.78 is 38.1. The second kappa shape index (κ2) is 5.28. The molecule has 0 aromatic carbocycles. The third-order valence-electron chi connectivity index (χ3n) is 3.25. The maximum Gasteiger partial charge on any atom is 0.451 e. The third kappa shape index (κ3) is 2.72. The first-order valence-electron chi connectivity index (χ1n) is 6.52. The van der Waals surface area contributed by atoms with Crippen LogP contribution in [0.3, 0.4) is 0 Å². The van der Waals surface area contributed by atoms with Gasteiger partial charge < -0.3 is 10.3 Å². The fraction of sp³-hybridized carbons (Fsp3) is 0.214. The zero-order chi connectivity index (χ0) is 15.7. The van der Waals surface area contributed by atoms with Gasteiger partial charge in [-0.2, -0.15) is 13.2 Å². The monoisotopic (exact) mass is 308 g/mol. The van der Waals surface area contributed by atoms with Gasteiger partial charge in [0, 0.05) is 24.5 Å². The first-order valence-corrected chi connectivity index (χ1v) is 6.52. The summed E-state index contributed by atoms with van der Waals surface area (Å²) >= 11 is 0. The Hall–Kier alpha value is -2.64. The Morgan fingerprint density at radius 3 is 2.82 bits per heavy atom. The number of halogens is 3. The molecule has 0 fully saturated rings. The second-order valence-corrected chi connectivity index (χ2v) is 4.75. The molecule has 1 aliphatic rings. The number of carbonyl (C=O) groups is 1. The lowest BCUT2D eigenvalue weighted by molar-refractivity contribution is -0.145. The number of aromatic amines is 1. The normalized spacial score (nSPS) is 15.4. The van der Waals surface area contributed by atoms with Crippen LogP contribution in [-0.4, -0.2) is 27.4 Å². The van der Waals surface area contributed by atoms with Gasteiger partial charge in [-0.15, -0.1) is 0 Å². The lowest BCUT2D eigenvalue weighted by Crippen LogP contribution is -2.26. The van der Waals surface area contributed by atoms with Gasteiger partial charge in [0.1, 0.15) is 5.69 Å². The molecule has 0 radical (unpaired) electrons. The minimum absolute atomic E-state index is 0.200. The smallest absolute Gasteiger partial charge is 0.357 e. The zero-order valence-electron chi connectivity index (χ0n) is 11.2. The van der Waals surface area contributed by atoms with Crippen molar-refractivity contribution in [2.24, 2.45) is 0 Å². The quantitative estimate of drug-likeness (QED) is 0.850. The van der Waals surface area contributed by atoms with Crippen molar-refractivity contribution in [3.63, 3.8) is 0 Å². The van der Waals surface area contributed by atoms with E-state index in [-0.39, 0.29) is 11.6 Å². The molecule has 5 nitrogen and oxygen atoms in total. The summed E-state index contributed by atoms with van der Waals surface area (Å²) in [5.41, 5.74) is 1.79. The third-order valence-corrected chi connectivity index (χ3v) is 3.25. The molecule has 1 aliphatic heterocycles. The molecule has 2 aromatic rings. The molecule has 0 bridgehead atoms. The Bertz CT molecular complexity index is 749. The average molecular weight is 308 g/mol. The minimum Gasteiger partial charge on any atom is -0.357 e. The van der Waals surface area contributed by atoms with Gasteiger partial charge in [-0.1, -0.05) is 0 Å². The molecule has 3 rings (SSSR count). The van der Waals surface area contributed by atoms with Gasteiger partial charge in [-0.3, -0.25) is 4.79 Å². The number of carbonyl (C=O) groups excluding carboxylic acids is 1. The maximum absolute atomic E-state index is 12.7. The van der Waals surface area contributed by atoms with Crippen LogP contribution in [0, 0.1) is 0 Å². The molecule has 22 heavy (non-hydrogen) atoms. The summed E-state index contributed by atoms with van der Waals surface area (Å²) in [5.74, 6) is -1.42. The molecule has 0 spiro atoms. The molecule has 8 heteroatoms. The second-order valence-electron chi connectivity index (χ2n) is 4.75. The number of alkyl halides is 3. The van der Waals surface area contributed by atoms with Gasteiger partial charge in [-0.25, -0.2) is 9.97 Å². The summed E-state index contributed by atoms with van der Waals surface area (Å²) in [6.07, 6.45) is 0.148. The lowest BCUT2D eigenvalue weighted by Gasteiger charge is -2.13. The predicted molar refractivity (Wildman–Crippen MR) is 72.6 cm³/mol. The largest absolute Gasteiger partial charge is 0.451 e. The van der Waals surface area contributed by atoms with Crippen molar-refractivity contribution in [2.45, 2.75) is 12.6 Å². The SMILES string of the molecule is O=C1NCCC(c2ccnc(C(F)(F)F)n2)=Cc2cc[nH]c21. The van der Waals surface area contributed by atoms with Crippen molar-refractivity contribution in [2.75, 3.05) is 6.54 Å². The molecule has 2 aromatic heterocycles. The van der Waals surface area contributed by atoms with Crippen LogP contribution in [0.5, 0.6) is 0 Å². The summed E-state index contributed by atoms with van der Waals surface area (Å²) in [4.78, 5) is 21.5. The first kappa shape index (κ1) is 14.3. The standard InChI is InChI=1S/C14H11F3N4O/c15-14(16,17)13-20-6-3-10(21-13)8-1-5-19-12(22)11-9(7-8)2-4-18-11/h2-4,6-7,18H,1,5H2,(H,19,22). The molecule has 2 N–H and O–H groups in total. The van der Waals surface area contributed by atoms with Crippen molar-refractivity contribution in [1.82, 2.24) is 20.3 Å². The van der Waals surface area contributed by atoms with Gasteiger partial charge >= 0.3 is 6.18 Å². The Morgan fingerprint density at radius 1 is 1.23 bits per heavy atom. The van der Waals surface area contributed by atoms with Crippen molar-refractivity contribution >= 4 is 17.6 Å². The maximum atomic E-state index is 12.7. The van der Waals surface area contributed by atoms with Crippen LogP contribution in [-0.2, 0) is 6.18 Å². The number of nitrogens with one attached hydrogen (secondary N) is 2. The van der Waals surface area contributed by atoms with Crippen LogP contribution in [0.2, 0.25) is 0 Å². The summed E-state index contributed by atoms with van der Waals surface area (Å²) in [6.45, 7) is 0.314. The van der Waals surface area contributed by atoms with E-state index in [0.29, 0.717) is 29.8 Å². The highest BCUT2D eigenvalue weighted by atomic mass is 19.4. The minimum atomic E-state index is -4.59. The van der Waals surface area contributed by atoms with E-state index in [1.165, 1.54) is 6.07 Å². The Labute approximate surface area is 123 Å². The fourth-order valence-corrected chi connectivity index (χ4v) is 2.23. The van der Waals surface area contributed by atoms with E-state index < -0.39 is 12.0 Å². The number of nitrogens with zero attached hydrogens (tertiary/aromatic N) is 2. The number of H-pyrrole nitrogens is 1. The van der Waals surface area contributed by atoms with E-state index in [1.807, 2.05) is 0 Å². The van der Waals surface area contributed by atoms with Crippen molar-refractivity contribution in [3.05, 3.63) is 47.3 Å². The van der Waals surface area contributed by atoms with Gasteiger partial charge in [0.25, 0.3) is 5.91 Å². The highest BCUT2D eigenvalue weighted by Crippen LogP contribution is 2.28. The van der Waals surface area contributed by atoms with Crippen molar-refractivity contribution < 1.29 is 18.0 Å². The highest BCUT2D eigenvalue weighted by molar-refractivity contribution is 5.99. The molecular weight excluding hydrogens is 297 g/mol. The number of fused-ring (bicyclic) bond motifs is 1. The van der Waals surface area contributed by atoms with Crippen LogP contribution < -0.4 is 5.32 Å². The molecule has 114 valence electrons. The molecular formula is C14H11F3N4O. The molecule has 3 heterocycles. The first-order chi connectivity index (χ1) is 10.4. The summed E-state index contributed by atoms with van der Waals surface area (Å²) in [6, 6.07) is 3.11. The fourth-order valence-electron chi connectivity index (χ4n) is 2.23. The molecule has 0 saturated carbocycles.